The Bertz CT molecular complexity index is 610. The van der Waals surface area contributed by atoms with Crippen molar-refractivity contribution in [1.82, 2.24) is 0 Å². The normalized spacial score (nSPS) is 11.8. The van der Waals surface area contributed by atoms with Crippen molar-refractivity contribution in [2.24, 2.45) is 0 Å². The van der Waals surface area contributed by atoms with Crippen molar-refractivity contribution in [2.45, 2.75) is 24.0 Å². The zero-order valence-electron chi connectivity index (χ0n) is 12.4. The maximum absolute atomic E-state index is 12.2. The Labute approximate surface area is 129 Å². The first kappa shape index (κ1) is 15.4. The molecule has 0 aliphatic rings. The van der Waals surface area contributed by atoms with E-state index >= 15 is 0 Å². The van der Waals surface area contributed by atoms with Crippen molar-refractivity contribution >= 4 is 23.4 Å². The number of hydrogen-bond donors (Lipinski definition) is 1. The molecule has 2 aromatic rings. The molecule has 3 nitrogen and oxygen atoms in total. The lowest BCUT2D eigenvalue weighted by atomic mass is 10.2. The maximum atomic E-state index is 12.2. The lowest BCUT2D eigenvalue weighted by molar-refractivity contribution is -0.115. The van der Waals surface area contributed by atoms with E-state index in [1.807, 2.05) is 44.2 Å². The zero-order valence-corrected chi connectivity index (χ0v) is 13.2. The Hall–Kier alpha value is -1.94. The Morgan fingerprint density at radius 3 is 2.57 bits per heavy atom. The zero-order chi connectivity index (χ0) is 15.2. The molecule has 1 atom stereocenters. The van der Waals surface area contributed by atoms with Crippen molar-refractivity contribution in [2.75, 3.05) is 12.4 Å². The van der Waals surface area contributed by atoms with Crippen LogP contribution in [0.2, 0.25) is 0 Å². The van der Waals surface area contributed by atoms with E-state index in [0.29, 0.717) is 0 Å². The lowest BCUT2D eigenvalue weighted by Crippen LogP contribution is -2.22. The molecule has 1 N–H and O–H groups in total. The molecule has 0 aliphatic heterocycles. The van der Waals surface area contributed by atoms with E-state index in [9.17, 15) is 4.79 Å². The van der Waals surface area contributed by atoms with E-state index < -0.39 is 0 Å². The van der Waals surface area contributed by atoms with Crippen LogP contribution in [0.5, 0.6) is 5.75 Å². The Balaban J connectivity index is 1.97. The van der Waals surface area contributed by atoms with Gasteiger partial charge in [-0.05, 0) is 38.1 Å². The van der Waals surface area contributed by atoms with Crippen LogP contribution in [0, 0.1) is 6.92 Å². The van der Waals surface area contributed by atoms with Crippen LogP contribution in [0.4, 0.5) is 5.69 Å². The number of hydrogen-bond acceptors (Lipinski definition) is 3. The topological polar surface area (TPSA) is 38.3 Å². The quantitative estimate of drug-likeness (QED) is 0.844. The van der Waals surface area contributed by atoms with Gasteiger partial charge in [-0.25, -0.2) is 0 Å². The average Bonchev–Trinajstić information content (AvgIpc) is 2.49. The highest BCUT2D eigenvalue weighted by molar-refractivity contribution is 8.00. The monoisotopic (exact) mass is 301 g/mol. The molecule has 2 rings (SSSR count). The first-order valence-corrected chi connectivity index (χ1v) is 7.64. The van der Waals surface area contributed by atoms with E-state index in [-0.39, 0.29) is 11.2 Å². The van der Waals surface area contributed by atoms with E-state index in [0.717, 1.165) is 16.3 Å². The number of methoxy groups -OCH3 is 1. The molecule has 110 valence electrons. The highest BCUT2D eigenvalue weighted by Crippen LogP contribution is 2.25. The Morgan fingerprint density at radius 2 is 1.90 bits per heavy atom. The number of amides is 1. The van der Waals surface area contributed by atoms with Crippen molar-refractivity contribution in [3.8, 4) is 5.75 Å². The van der Waals surface area contributed by atoms with E-state index in [4.69, 9.17) is 4.74 Å². The fourth-order valence-corrected chi connectivity index (χ4v) is 2.69. The average molecular weight is 301 g/mol. The van der Waals surface area contributed by atoms with E-state index in [2.05, 4.69) is 17.4 Å². The number of carbonyl (C=O) groups excluding carboxylic acids is 1. The number of benzene rings is 2. The lowest BCUT2D eigenvalue weighted by Gasteiger charge is -2.12. The SMILES string of the molecule is COc1cccc(NC(=O)C(C)Sc2ccc(C)cc2)c1. The van der Waals surface area contributed by atoms with Crippen molar-refractivity contribution in [3.63, 3.8) is 0 Å². The van der Waals surface area contributed by atoms with Crippen LogP contribution in [0.15, 0.2) is 53.4 Å². The molecule has 1 amide bonds. The highest BCUT2D eigenvalue weighted by atomic mass is 32.2. The summed E-state index contributed by atoms with van der Waals surface area (Å²) in [6.07, 6.45) is 0. The standard InChI is InChI=1S/C17H19NO2S/c1-12-7-9-16(10-8-12)21-13(2)17(19)18-14-5-4-6-15(11-14)20-3/h4-11,13H,1-3H3,(H,18,19). The van der Waals surface area contributed by atoms with E-state index in [1.165, 1.54) is 5.56 Å². The second-order valence-electron chi connectivity index (χ2n) is 4.79. The van der Waals surface area contributed by atoms with Crippen LogP contribution in [0.25, 0.3) is 0 Å². The van der Waals surface area contributed by atoms with Gasteiger partial charge in [-0.3, -0.25) is 4.79 Å². The number of anilines is 1. The number of thioether (sulfide) groups is 1. The van der Waals surface area contributed by atoms with Crippen LogP contribution < -0.4 is 10.1 Å². The number of ether oxygens (including phenoxy) is 1. The van der Waals surface area contributed by atoms with Gasteiger partial charge in [0.05, 0.1) is 12.4 Å². The van der Waals surface area contributed by atoms with Crippen LogP contribution in [0.1, 0.15) is 12.5 Å². The predicted molar refractivity (Wildman–Crippen MR) is 88.1 cm³/mol. The summed E-state index contributed by atoms with van der Waals surface area (Å²) < 4.78 is 5.15. The van der Waals surface area contributed by atoms with Crippen LogP contribution in [0.3, 0.4) is 0 Å². The summed E-state index contributed by atoms with van der Waals surface area (Å²) in [5.41, 5.74) is 1.96. The van der Waals surface area contributed by atoms with Gasteiger partial charge in [-0.15, -0.1) is 11.8 Å². The molecule has 2 aromatic carbocycles. The molecule has 0 radical (unpaired) electrons. The van der Waals surface area contributed by atoms with Gasteiger partial charge in [-0.2, -0.15) is 0 Å². The first-order chi connectivity index (χ1) is 10.1. The number of carbonyl (C=O) groups is 1. The largest absolute Gasteiger partial charge is 0.497 e. The first-order valence-electron chi connectivity index (χ1n) is 6.77. The molecule has 0 bridgehead atoms. The van der Waals surface area contributed by atoms with Gasteiger partial charge in [0.1, 0.15) is 5.75 Å². The second kappa shape index (κ2) is 7.18. The Morgan fingerprint density at radius 1 is 1.19 bits per heavy atom. The summed E-state index contributed by atoms with van der Waals surface area (Å²) in [5, 5.41) is 2.74. The van der Waals surface area contributed by atoms with Gasteiger partial charge in [0, 0.05) is 16.6 Å². The smallest absolute Gasteiger partial charge is 0.237 e. The van der Waals surface area contributed by atoms with Crippen LogP contribution >= 0.6 is 11.8 Å². The summed E-state index contributed by atoms with van der Waals surface area (Å²) in [4.78, 5) is 13.3. The molecule has 0 aromatic heterocycles. The predicted octanol–water partition coefficient (Wildman–Crippen LogP) is 4.12. The van der Waals surface area contributed by atoms with Crippen molar-refractivity contribution in [3.05, 3.63) is 54.1 Å². The summed E-state index contributed by atoms with van der Waals surface area (Å²) >= 11 is 1.55. The van der Waals surface area contributed by atoms with Gasteiger partial charge >= 0.3 is 0 Å². The van der Waals surface area contributed by atoms with Crippen LogP contribution in [-0.2, 0) is 4.79 Å². The number of aryl methyl sites for hydroxylation is 1. The third-order valence-electron chi connectivity index (χ3n) is 3.04. The molecule has 0 saturated heterocycles. The molecule has 0 spiro atoms. The molecular weight excluding hydrogens is 282 g/mol. The molecule has 1 unspecified atom stereocenters. The molecule has 0 fully saturated rings. The van der Waals surface area contributed by atoms with Gasteiger partial charge in [0.2, 0.25) is 5.91 Å². The van der Waals surface area contributed by atoms with Crippen molar-refractivity contribution < 1.29 is 9.53 Å². The van der Waals surface area contributed by atoms with Crippen LogP contribution in [-0.4, -0.2) is 18.3 Å². The highest BCUT2D eigenvalue weighted by Gasteiger charge is 2.14. The third kappa shape index (κ3) is 4.53. The van der Waals surface area contributed by atoms with Gasteiger partial charge in [-0.1, -0.05) is 23.8 Å². The molecule has 0 aliphatic carbocycles. The van der Waals surface area contributed by atoms with Gasteiger partial charge < -0.3 is 10.1 Å². The summed E-state index contributed by atoms with van der Waals surface area (Å²) in [7, 11) is 1.61. The fourth-order valence-electron chi connectivity index (χ4n) is 1.82. The molecule has 0 heterocycles. The molecule has 0 saturated carbocycles. The Kier molecular flexibility index (Phi) is 5.28. The fraction of sp³-hybridized carbons (Fsp3) is 0.235. The minimum atomic E-state index is -0.168. The molecule has 21 heavy (non-hydrogen) atoms. The number of nitrogens with one attached hydrogen (secondary N) is 1. The van der Waals surface area contributed by atoms with Crippen molar-refractivity contribution in [1.29, 1.82) is 0 Å². The number of rotatable bonds is 5. The molecular formula is C17H19NO2S. The second-order valence-corrected chi connectivity index (χ2v) is 6.21. The maximum Gasteiger partial charge on any atom is 0.237 e. The van der Waals surface area contributed by atoms with E-state index in [1.54, 1.807) is 24.9 Å². The van der Waals surface area contributed by atoms with Gasteiger partial charge in [0.15, 0.2) is 0 Å². The summed E-state index contributed by atoms with van der Waals surface area (Å²) in [5.74, 6) is 0.709. The minimum absolute atomic E-state index is 0.0196. The molecule has 4 heteroatoms. The summed E-state index contributed by atoms with van der Waals surface area (Å²) in [6, 6.07) is 15.5. The summed E-state index contributed by atoms with van der Waals surface area (Å²) in [6.45, 7) is 3.95. The minimum Gasteiger partial charge on any atom is -0.497 e. The van der Waals surface area contributed by atoms with Gasteiger partial charge in [0.25, 0.3) is 0 Å². The third-order valence-corrected chi connectivity index (χ3v) is 4.15.